The summed E-state index contributed by atoms with van der Waals surface area (Å²) < 4.78 is 27.4. The van der Waals surface area contributed by atoms with Crippen LogP contribution in [0.3, 0.4) is 0 Å². The highest BCUT2D eigenvalue weighted by molar-refractivity contribution is 7.89. The van der Waals surface area contributed by atoms with Crippen LogP contribution in [0.2, 0.25) is 0 Å². The summed E-state index contributed by atoms with van der Waals surface area (Å²) in [6, 6.07) is 11.1. The van der Waals surface area contributed by atoms with E-state index in [0.717, 1.165) is 5.69 Å². The molecular weight excluding hydrogens is 416 g/mol. The van der Waals surface area contributed by atoms with Crippen LogP contribution in [-0.4, -0.2) is 49.2 Å². The maximum atomic E-state index is 13.0. The molecule has 2 heterocycles. The molecule has 1 aliphatic rings. The number of amides is 2. The number of anilines is 1. The van der Waals surface area contributed by atoms with Crippen molar-refractivity contribution in [1.82, 2.24) is 14.6 Å². The Morgan fingerprint density at radius 2 is 1.90 bits per heavy atom. The third kappa shape index (κ3) is 5.89. The van der Waals surface area contributed by atoms with E-state index in [1.54, 1.807) is 36.9 Å². The van der Waals surface area contributed by atoms with Crippen molar-refractivity contribution >= 4 is 27.7 Å². The topological polar surface area (TPSA) is 108 Å². The van der Waals surface area contributed by atoms with Gasteiger partial charge in [-0.05, 0) is 63.9 Å². The molecule has 1 saturated heterocycles. The first-order valence-electron chi connectivity index (χ1n) is 10.3. The fraction of sp³-hybridized carbons (Fsp3) is 0.409. The number of nitrogens with zero attached hydrogens (tertiary/aromatic N) is 2. The van der Waals surface area contributed by atoms with Crippen LogP contribution in [-0.2, 0) is 14.8 Å². The van der Waals surface area contributed by atoms with Gasteiger partial charge in [0.05, 0.1) is 10.8 Å². The highest BCUT2D eigenvalue weighted by Gasteiger charge is 2.29. The van der Waals surface area contributed by atoms with Gasteiger partial charge in [-0.3, -0.25) is 9.59 Å². The normalized spacial score (nSPS) is 16.9. The molecule has 166 valence electrons. The van der Waals surface area contributed by atoms with Gasteiger partial charge in [0.15, 0.2) is 0 Å². The second-order valence-electron chi connectivity index (χ2n) is 8.05. The molecule has 0 spiro atoms. The Hall–Kier alpha value is -2.78. The van der Waals surface area contributed by atoms with Gasteiger partial charge in [-0.1, -0.05) is 12.1 Å². The van der Waals surface area contributed by atoms with E-state index in [2.05, 4.69) is 15.0 Å². The molecule has 1 aliphatic heterocycles. The molecule has 0 aliphatic carbocycles. The first kappa shape index (κ1) is 22.9. The van der Waals surface area contributed by atoms with E-state index in [1.807, 2.05) is 19.1 Å². The lowest BCUT2D eigenvalue weighted by molar-refractivity contribution is -0.121. The molecule has 2 N–H and O–H groups in total. The minimum Gasteiger partial charge on any atom is -0.338 e. The third-order valence-electron chi connectivity index (χ3n) is 5.00. The molecular formula is C22H28N4O4S. The van der Waals surface area contributed by atoms with Gasteiger partial charge in [0, 0.05) is 30.4 Å². The van der Waals surface area contributed by atoms with Crippen LogP contribution in [0.4, 0.5) is 5.82 Å². The number of pyridine rings is 1. The van der Waals surface area contributed by atoms with Gasteiger partial charge in [-0.15, -0.1) is 0 Å². The molecule has 0 saturated carbocycles. The highest BCUT2D eigenvalue weighted by atomic mass is 32.2. The molecule has 0 radical (unpaired) electrons. The average molecular weight is 445 g/mol. The van der Waals surface area contributed by atoms with E-state index < -0.39 is 10.0 Å². The first-order valence-corrected chi connectivity index (χ1v) is 11.8. The fourth-order valence-corrected chi connectivity index (χ4v) is 4.87. The van der Waals surface area contributed by atoms with Crippen molar-refractivity contribution in [2.24, 2.45) is 5.92 Å². The van der Waals surface area contributed by atoms with Crippen LogP contribution in [0.1, 0.15) is 42.7 Å². The Labute approximate surface area is 183 Å². The Morgan fingerprint density at radius 3 is 2.61 bits per heavy atom. The Kier molecular flexibility index (Phi) is 7.07. The molecule has 1 aromatic heterocycles. The maximum absolute atomic E-state index is 13.0. The molecule has 1 unspecified atom stereocenters. The van der Waals surface area contributed by atoms with E-state index in [4.69, 9.17) is 0 Å². The SMILES string of the molecule is Cc1cccc(NC(=O)C2CCCN(C(=O)c3cccc(S(=O)(=O)NC(C)C)c3)C2)n1. The van der Waals surface area contributed by atoms with Crippen molar-refractivity contribution in [2.45, 2.75) is 44.6 Å². The first-order chi connectivity index (χ1) is 14.7. The number of hydrogen-bond donors (Lipinski definition) is 2. The Bertz CT molecular complexity index is 1070. The van der Waals surface area contributed by atoms with Crippen LogP contribution in [0.25, 0.3) is 0 Å². The van der Waals surface area contributed by atoms with Crippen LogP contribution in [0.5, 0.6) is 0 Å². The van der Waals surface area contributed by atoms with E-state index in [9.17, 15) is 18.0 Å². The minimum atomic E-state index is -3.70. The van der Waals surface area contributed by atoms with Crippen molar-refractivity contribution in [3.8, 4) is 0 Å². The summed E-state index contributed by atoms with van der Waals surface area (Å²) in [5.74, 6) is -0.320. The zero-order valence-corrected chi connectivity index (χ0v) is 18.8. The van der Waals surface area contributed by atoms with Crippen LogP contribution in [0, 0.1) is 12.8 Å². The van der Waals surface area contributed by atoms with Crippen molar-refractivity contribution in [3.63, 3.8) is 0 Å². The van der Waals surface area contributed by atoms with Gasteiger partial charge in [0.1, 0.15) is 5.82 Å². The zero-order valence-electron chi connectivity index (χ0n) is 18.0. The number of aromatic nitrogens is 1. The zero-order chi connectivity index (χ0) is 22.6. The van der Waals surface area contributed by atoms with Crippen LogP contribution < -0.4 is 10.0 Å². The average Bonchev–Trinajstić information content (AvgIpc) is 2.72. The number of carbonyl (C=O) groups is 2. The van der Waals surface area contributed by atoms with Crippen molar-refractivity contribution in [2.75, 3.05) is 18.4 Å². The molecule has 31 heavy (non-hydrogen) atoms. The van der Waals surface area contributed by atoms with Gasteiger partial charge in [0.25, 0.3) is 5.91 Å². The smallest absolute Gasteiger partial charge is 0.253 e. The summed E-state index contributed by atoms with van der Waals surface area (Å²) in [6.45, 7) is 6.11. The number of benzene rings is 1. The minimum absolute atomic E-state index is 0.0453. The molecule has 2 aromatic rings. The number of rotatable bonds is 6. The highest BCUT2D eigenvalue weighted by Crippen LogP contribution is 2.21. The monoisotopic (exact) mass is 444 g/mol. The summed E-state index contributed by atoms with van der Waals surface area (Å²) in [4.78, 5) is 31.7. The van der Waals surface area contributed by atoms with Gasteiger partial charge < -0.3 is 10.2 Å². The summed E-state index contributed by atoms with van der Waals surface area (Å²) in [5.41, 5.74) is 1.09. The second-order valence-corrected chi connectivity index (χ2v) is 9.76. The van der Waals surface area contributed by atoms with Gasteiger partial charge in [-0.25, -0.2) is 18.1 Å². The molecule has 1 aromatic carbocycles. The molecule has 0 bridgehead atoms. The Balaban J connectivity index is 1.71. The maximum Gasteiger partial charge on any atom is 0.253 e. The number of aryl methyl sites for hydroxylation is 1. The van der Waals surface area contributed by atoms with E-state index in [-0.39, 0.29) is 40.8 Å². The summed E-state index contributed by atoms with van der Waals surface area (Å²) in [6.07, 6.45) is 1.37. The lowest BCUT2D eigenvalue weighted by Crippen LogP contribution is -2.43. The Morgan fingerprint density at radius 1 is 1.16 bits per heavy atom. The number of piperidine rings is 1. The van der Waals surface area contributed by atoms with Crippen molar-refractivity contribution in [3.05, 3.63) is 53.7 Å². The molecule has 9 heteroatoms. The van der Waals surface area contributed by atoms with Gasteiger partial charge in [0.2, 0.25) is 15.9 Å². The van der Waals surface area contributed by atoms with E-state index in [1.165, 1.54) is 12.1 Å². The van der Waals surface area contributed by atoms with E-state index in [0.29, 0.717) is 25.2 Å². The summed E-state index contributed by atoms with van der Waals surface area (Å²) in [7, 11) is -3.70. The van der Waals surface area contributed by atoms with Crippen LogP contribution in [0.15, 0.2) is 47.4 Å². The fourth-order valence-electron chi connectivity index (χ4n) is 3.57. The van der Waals surface area contributed by atoms with Crippen molar-refractivity contribution in [1.29, 1.82) is 0 Å². The van der Waals surface area contributed by atoms with Crippen LogP contribution >= 0.6 is 0 Å². The predicted molar refractivity (Wildman–Crippen MR) is 118 cm³/mol. The summed E-state index contributed by atoms with van der Waals surface area (Å²) >= 11 is 0. The molecule has 1 atom stereocenters. The number of hydrogen-bond acceptors (Lipinski definition) is 5. The largest absolute Gasteiger partial charge is 0.338 e. The van der Waals surface area contributed by atoms with Gasteiger partial charge in [-0.2, -0.15) is 0 Å². The van der Waals surface area contributed by atoms with Gasteiger partial charge >= 0.3 is 0 Å². The van der Waals surface area contributed by atoms with Crippen molar-refractivity contribution < 1.29 is 18.0 Å². The lowest BCUT2D eigenvalue weighted by atomic mass is 9.96. The molecule has 8 nitrogen and oxygen atoms in total. The molecule has 3 rings (SSSR count). The molecule has 2 amide bonds. The lowest BCUT2D eigenvalue weighted by Gasteiger charge is -2.32. The third-order valence-corrected chi connectivity index (χ3v) is 6.66. The number of likely N-dealkylation sites (tertiary alicyclic amines) is 1. The number of sulfonamides is 1. The second kappa shape index (κ2) is 9.57. The predicted octanol–water partition coefficient (Wildman–Crippen LogP) is 2.57. The number of nitrogens with one attached hydrogen (secondary N) is 2. The van der Waals surface area contributed by atoms with E-state index >= 15 is 0 Å². The quantitative estimate of drug-likeness (QED) is 0.712. The summed E-state index contributed by atoms with van der Waals surface area (Å²) in [5, 5.41) is 2.82. The molecule has 1 fully saturated rings. The number of carbonyl (C=O) groups excluding carboxylic acids is 2. The standard InChI is InChI=1S/C22H28N4O4S/c1-15(2)25-31(29,30)19-10-5-8-17(13-19)22(28)26-12-6-9-18(14-26)21(27)24-20-11-4-7-16(3)23-20/h4-5,7-8,10-11,13,15,18,25H,6,9,12,14H2,1-3H3,(H,23,24,27).